The molecule has 6 nitrogen and oxygen atoms in total. The maximum absolute atomic E-state index is 10.7. The number of hydrogen-bond acceptors (Lipinski definition) is 4. The maximum Gasteiger partial charge on any atom is 0.269 e. The molecule has 2 N–H and O–H groups in total. The summed E-state index contributed by atoms with van der Waals surface area (Å²) in [6.45, 7) is 5.57. The van der Waals surface area contributed by atoms with Crippen molar-refractivity contribution in [2.45, 2.75) is 25.1 Å². The van der Waals surface area contributed by atoms with Gasteiger partial charge in [-0.05, 0) is 25.7 Å². The number of non-ortho nitro benzene ring substituents is 1. The summed E-state index contributed by atoms with van der Waals surface area (Å²) in [7, 11) is 1.70. The highest BCUT2D eigenvalue weighted by Gasteiger charge is 2.16. The maximum atomic E-state index is 10.7. The molecule has 0 bridgehead atoms. The van der Waals surface area contributed by atoms with Crippen molar-refractivity contribution >= 4 is 23.4 Å². The first-order chi connectivity index (χ1) is 9.88. The SMILES string of the molecule is CN=C(NCc1cccc([N+](=O)[O-])c1)NCC(C)(C)SC. The highest BCUT2D eigenvalue weighted by atomic mass is 32.2. The van der Waals surface area contributed by atoms with E-state index in [2.05, 4.69) is 35.7 Å². The molecule has 0 aromatic heterocycles. The fraction of sp³-hybridized carbons (Fsp3) is 0.500. The summed E-state index contributed by atoms with van der Waals surface area (Å²) in [6, 6.07) is 6.57. The quantitative estimate of drug-likeness (QED) is 0.365. The molecule has 0 aliphatic heterocycles. The Kier molecular flexibility index (Phi) is 6.48. The van der Waals surface area contributed by atoms with E-state index in [1.165, 1.54) is 6.07 Å². The predicted octanol–water partition coefficient (Wildman–Crippen LogP) is 2.40. The number of nitro groups is 1. The van der Waals surface area contributed by atoms with Gasteiger partial charge in [0.15, 0.2) is 5.96 Å². The molecular formula is C14H22N4O2S. The van der Waals surface area contributed by atoms with Crippen LogP contribution >= 0.6 is 11.8 Å². The average Bonchev–Trinajstić information content (AvgIpc) is 2.47. The van der Waals surface area contributed by atoms with E-state index in [9.17, 15) is 10.1 Å². The van der Waals surface area contributed by atoms with Crippen molar-refractivity contribution < 1.29 is 4.92 Å². The molecule has 0 saturated heterocycles. The Balaban J connectivity index is 2.56. The standard InChI is InChI=1S/C14H22N4O2S/c1-14(2,21-4)10-17-13(15-3)16-9-11-6-5-7-12(8-11)18(19)20/h5-8H,9-10H2,1-4H3,(H2,15,16,17). The first kappa shape index (κ1) is 17.3. The lowest BCUT2D eigenvalue weighted by Gasteiger charge is -2.23. The highest BCUT2D eigenvalue weighted by Crippen LogP contribution is 2.19. The van der Waals surface area contributed by atoms with Crippen LogP contribution in [0.2, 0.25) is 0 Å². The van der Waals surface area contributed by atoms with Crippen LogP contribution in [0.1, 0.15) is 19.4 Å². The van der Waals surface area contributed by atoms with Gasteiger partial charge in [0, 0.05) is 37.0 Å². The van der Waals surface area contributed by atoms with Crippen molar-refractivity contribution in [3.8, 4) is 0 Å². The first-order valence-electron chi connectivity index (χ1n) is 6.61. The van der Waals surface area contributed by atoms with Gasteiger partial charge in [0.25, 0.3) is 5.69 Å². The fourth-order valence-electron chi connectivity index (χ4n) is 1.56. The molecule has 1 rings (SSSR count). The number of hydrogen-bond donors (Lipinski definition) is 2. The van der Waals surface area contributed by atoms with Crippen molar-refractivity contribution in [2.24, 2.45) is 4.99 Å². The topological polar surface area (TPSA) is 79.6 Å². The number of nitrogens with one attached hydrogen (secondary N) is 2. The van der Waals surface area contributed by atoms with Gasteiger partial charge in [-0.2, -0.15) is 11.8 Å². The summed E-state index contributed by atoms with van der Waals surface area (Å²) in [6.07, 6.45) is 2.07. The van der Waals surface area contributed by atoms with E-state index in [-0.39, 0.29) is 10.4 Å². The van der Waals surface area contributed by atoms with E-state index in [4.69, 9.17) is 0 Å². The number of guanidine groups is 1. The van der Waals surface area contributed by atoms with Gasteiger partial charge >= 0.3 is 0 Å². The number of nitro benzene ring substituents is 1. The van der Waals surface area contributed by atoms with Crippen LogP contribution in [0, 0.1) is 10.1 Å². The van der Waals surface area contributed by atoms with Crippen molar-refractivity contribution in [3.63, 3.8) is 0 Å². The van der Waals surface area contributed by atoms with Crippen LogP contribution in [-0.4, -0.2) is 35.5 Å². The van der Waals surface area contributed by atoms with Gasteiger partial charge in [0.2, 0.25) is 0 Å². The Morgan fingerprint density at radius 3 is 2.71 bits per heavy atom. The zero-order chi connectivity index (χ0) is 15.9. The molecule has 0 aliphatic rings. The number of benzene rings is 1. The molecule has 21 heavy (non-hydrogen) atoms. The second-order valence-corrected chi connectivity index (χ2v) is 6.68. The first-order valence-corrected chi connectivity index (χ1v) is 7.83. The minimum Gasteiger partial charge on any atom is -0.355 e. The molecule has 7 heteroatoms. The normalized spacial score (nSPS) is 12.1. The number of thioether (sulfide) groups is 1. The summed E-state index contributed by atoms with van der Waals surface area (Å²) in [4.78, 5) is 14.5. The molecule has 0 unspecified atom stereocenters. The monoisotopic (exact) mass is 310 g/mol. The molecular weight excluding hydrogens is 288 g/mol. The molecule has 116 valence electrons. The van der Waals surface area contributed by atoms with Gasteiger partial charge in [-0.1, -0.05) is 12.1 Å². The molecule has 0 spiro atoms. The lowest BCUT2D eigenvalue weighted by Crippen LogP contribution is -2.42. The highest BCUT2D eigenvalue weighted by molar-refractivity contribution is 7.99. The van der Waals surface area contributed by atoms with Gasteiger partial charge in [-0.3, -0.25) is 15.1 Å². The third-order valence-corrected chi connectivity index (χ3v) is 4.29. The predicted molar refractivity (Wildman–Crippen MR) is 88.9 cm³/mol. The minimum absolute atomic E-state index is 0.0979. The summed E-state index contributed by atoms with van der Waals surface area (Å²) >= 11 is 1.78. The molecule has 0 atom stereocenters. The lowest BCUT2D eigenvalue weighted by atomic mass is 10.2. The van der Waals surface area contributed by atoms with Crippen LogP contribution in [0.25, 0.3) is 0 Å². The number of aliphatic imine (C=N–C) groups is 1. The summed E-state index contributed by atoms with van der Waals surface area (Å²) in [5.41, 5.74) is 0.942. The summed E-state index contributed by atoms with van der Waals surface area (Å²) in [5.74, 6) is 0.684. The number of rotatable bonds is 6. The van der Waals surface area contributed by atoms with Crippen LogP contribution in [0.5, 0.6) is 0 Å². The molecule has 1 aromatic rings. The zero-order valence-corrected chi connectivity index (χ0v) is 13.7. The van der Waals surface area contributed by atoms with Crippen LogP contribution in [-0.2, 0) is 6.54 Å². The molecule has 0 aliphatic carbocycles. The largest absolute Gasteiger partial charge is 0.355 e. The van der Waals surface area contributed by atoms with E-state index in [1.54, 1.807) is 30.9 Å². The molecule has 0 saturated carbocycles. The van der Waals surface area contributed by atoms with Crippen molar-refractivity contribution in [2.75, 3.05) is 19.8 Å². The van der Waals surface area contributed by atoms with Gasteiger partial charge in [-0.25, -0.2) is 0 Å². The van der Waals surface area contributed by atoms with Crippen molar-refractivity contribution in [1.82, 2.24) is 10.6 Å². The Morgan fingerprint density at radius 2 is 2.14 bits per heavy atom. The molecule has 1 aromatic carbocycles. The van der Waals surface area contributed by atoms with Crippen LogP contribution < -0.4 is 10.6 Å². The third-order valence-electron chi connectivity index (χ3n) is 3.04. The summed E-state index contributed by atoms with van der Waals surface area (Å²) in [5, 5.41) is 17.1. The van der Waals surface area contributed by atoms with E-state index in [0.29, 0.717) is 12.5 Å². The van der Waals surface area contributed by atoms with Gasteiger partial charge < -0.3 is 10.6 Å². The summed E-state index contributed by atoms with van der Waals surface area (Å²) < 4.78 is 0.114. The van der Waals surface area contributed by atoms with Crippen LogP contribution in [0.3, 0.4) is 0 Å². The Bertz CT molecular complexity index is 517. The average molecular weight is 310 g/mol. The molecule has 0 fully saturated rings. The van der Waals surface area contributed by atoms with Gasteiger partial charge in [0.05, 0.1) is 4.92 Å². The smallest absolute Gasteiger partial charge is 0.269 e. The fourth-order valence-corrected chi connectivity index (χ4v) is 1.77. The lowest BCUT2D eigenvalue weighted by molar-refractivity contribution is -0.384. The van der Waals surface area contributed by atoms with Crippen LogP contribution in [0.15, 0.2) is 29.3 Å². The zero-order valence-electron chi connectivity index (χ0n) is 12.8. The molecule has 0 amide bonds. The van der Waals surface area contributed by atoms with Crippen LogP contribution in [0.4, 0.5) is 5.69 Å². The molecule has 0 heterocycles. The van der Waals surface area contributed by atoms with E-state index in [0.717, 1.165) is 12.1 Å². The van der Waals surface area contributed by atoms with Gasteiger partial charge in [-0.15, -0.1) is 0 Å². The Morgan fingerprint density at radius 1 is 1.43 bits per heavy atom. The van der Waals surface area contributed by atoms with E-state index >= 15 is 0 Å². The minimum atomic E-state index is -0.391. The number of nitrogens with zero attached hydrogens (tertiary/aromatic N) is 2. The second kappa shape index (κ2) is 7.87. The van der Waals surface area contributed by atoms with E-state index in [1.807, 2.05) is 6.07 Å². The van der Waals surface area contributed by atoms with Crippen molar-refractivity contribution in [3.05, 3.63) is 39.9 Å². The Labute approximate surface area is 129 Å². The van der Waals surface area contributed by atoms with Gasteiger partial charge in [0.1, 0.15) is 0 Å². The van der Waals surface area contributed by atoms with E-state index < -0.39 is 4.92 Å². The Hall–Kier alpha value is -1.76. The molecule has 0 radical (unpaired) electrons. The second-order valence-electron chi connectivity index (χ2n) is 5.17. The third kappa shape index (κ3) is 6.03. The van der Waals surface area contributed by atoms with Crippen molar-refractivity contribution in [1.29, 1.82) is 0 Å².